The van der Waals surface area contributed by atoms with Gasteiger partial charge >= 0.3 is 0 Å². The molecular formula is C26H31N3O3. The van der Waals surface area contributed by atoms with Gasteiger partial charge in [0.15, 0.2) is 0 Å². The molecule has 0 saturated carbocycles. The van der Waals surface area contributed by atoms with Crippen LogP contribution < -0.4 is 15.0 Å². The van der Waals surface area contributed by atoms with Crippen molar-refractivity contribution in [2.75, 3.05) is 44.7 Å². The van der Waals surface area contributed by atoms with Crippen molar-refractivity contribution in [1.82, 2.24) is 10.2 Å². The Morgan fingerprint density at radius 2 is 1.81 bits per heavy atom. The number of carbonyl (C=O) groups is 1. The zero-order valence-electron chi connectivity index (χ0n) is 19.0. The SMILES string of the molecule is COc1ccc(N2CCN(C(CNC(=O)c3cc(C)ccc3C)c3ccco3)CC2)cc1. The molecule has 1 saturated heterocycles. The molecule has 1 unspecified atom stereocenters. The minimum Gasteiger partial charge on any atom is -0.497 e. The third-order valence-corrected chi connectivity index (χ3v) is 6.16. The van der Waals surface area contributed by atoms with E-state index in [-0.39, 0.29) is 11.9 Å². The number of furan rings is 1. The van der Waals surface area contributed by atoms with Crippen LogP contribution in [0.15, 0.2) is 65.3 Å². The van der Waals surface area contributed by atoms with Crippen LogP contribution >= 0.6 is 0 Å². The summed E-state index contributed by atoms with van der Waals surface area (Å²) >= 11 is 0. The number of hydrogen-bond acceptors (Lipinski definition) is 5. The van der Waals surface area contributed by atoms with Gasteiger partial charge in [-0.1, -0.05) is 17.7 Å². The van der Waals surface area contributed by atoms with Gasteiger partial charge in [-0.15, -0.1) is 0 Å². The van der Waals surface area contributed by atoms with E-state index in [4.69, 9.17) is 9.15 Å². The molecule has 1 atom stereocenters. The maximum absolute atomic E-state index is 12.9. The fourth-order valence-corrected chi connectivity index (χ4v) is 4.24. The number of rotatable bonds is 7. The largest absolute Gasteiger partial charge is 0.497 e. The van der Waals surface area contributed by atoms with Crippen LogP contribution in [0.25, 0.3) is 0 Å². The van der Waals surface area contributed by atoms with Crippen LogP contribution in [0.3, 0.4) is 0 Å². The molecule has 1 N–H and O–H groups in total. The first kappa shape index (κ1) is 22.0. The Morgan fingerprint density at radius 3 is 2.47 bits per heavy atom. The minimum absolute atomic E-state index is 0.00270. The maximum atomic E-state index is 12.9. The second-order valence-electron chi connectivity index (χ2n) is 8.28. The first-order valence-corrected chi connectivity index (χ1v) is 11.1. The summed E-state index contributed by atoms with van der Waals surface area (Å²) in [5.41, 5.74) is 3.99. The Morgan fingerprint density at radius 1 is 1.06 bits per heavy atom. The van der Waals surface area contributed by atoms with Gasteiger partial charge in [0.2, 0.25) is 0 Å². The van der Waals surface area contributed by atoms with Crippen molar-refractivity contribution in [2.24, 2.45) is 0 Å². The number of amides is 1. The van der Waals surface area contributed by atoms with Gasteiger partial charge in [-0.3, -0.25) is 9.69 Å². The van der Waals surface area contributed by atoms with E-state index < -0.39 is 0 Å². The van der Waals surface area contributed by atoms with Gasteiger partial charge in [-0.2, -0.15) is 0 Å². The Bertz CT molecular complexity index is 1020. The second-order valence-corrected chi connectivity index (χ2v) is 8.28. The number of nitrogens with one attached hydrogen (secondary N) is 1. The summed E-state index contributed by atoms with van der Waals surface area (Å²) < 4.78 is 11.0. The number of hydrogen-bond donors (Lipinski definition) is 1. The number of ether oxygens (including phenoxy) is 1. The van der Waals surface area contributed by atoms with Gasteiger partial charge < -0.3 is 19.4 Å². The zero-order valence-corrected chi connectivity index (χ0v) is 19.0. The van der Waals surface area contributed by atoms with E-state index in [0.29, 0.717) is 6.54 Å². The summed E-state index contributed by atoms with van der Waals surface area (Å²) in [6, 6.07) is 18.1. The molecule has 3 aromatic rings. The van der Waals surface area contributed by atoms with Crippen molar-refractivity contribution >= 4 is 11.6 Å². The molecule has 0 spiro atoms. The summed E-state index contributed by atoms with van der Waals surface area (Å²) in [6.07, 6.45) is 1.70. The molecule has 1 amide bonds. The predicted molar refractivity (Wildman–Crippen MR) is 126 cm³/mol. The molecule has 1 aliphatic rings. The topological polar surface area (TPSA) is 58.0 Å². The molecule has 1 fully saturated rings. The highest BCUT2D eigenvalue weighted by molar-refractivity contribution is 5.95. The van der Waals surface area contributed by atoms with Crippen molar-refractivity contribution in [3.05, 3.63) is 83.3 Å². The standard InChI is InChI=1S/C26H31N3O3/c1-19-6-7-20(2)23(17-19)26(30)27-18-24(25-5-4-16-32-25)29-14-12-28(13-15-29)21-8-10-22(31-3)11-9-21/h4-11,16-17,24H,12-15,18H2,1-3H3,(H,27,30). The molecular weight excluding hydrogens is 402 g/mol. The molecule has 168 valence electrons. The van der Waals surface area contributed by atoms with Crippen LogP contribution in [-0.2, 0) is 0 Å². The second kappa shape index (κ2) is 9.92. The van der Waals surface area contributed by atoms with Gasteiger partial charge in [0.1, 0.15) is 11.5 Å². The van der Waals surface area contributed by atoms with Crippen LogP contribution in [0.4, 0.5) is 5.69 Å². The van der Waals surface area contributed by atoms with Crippen molar-refractivity contribution in [1.29, 1.82) is 0 Å². The van der Waals surface area contributed by atoms with Gasteiger partial charge in [-0.05, 0) is 61.9 Å². The first-order valence-electron chi connectivity index (χ1n) is 11.1. The summed E-state index contributed by atoms with van der Waals surface area (Å²) in [5.74, 6) is 1.70. The van der Waals surface area contributed by atoms with Crippen LogP contribution in [-0.4, -0.2) is 50.6 Å². The van der Waals surface area contributed by atoms with Crippen LogP contribution in [0.1, 0.15) is 33.3 Å². The zero-order chi connectivity index (χ0) is 22.5. The van der Waals surface area contributed by atoms with Crippen molar-refractivity contribution in [3.63, 3.8) is 0 Å². The normalized spacial score (nSPS) is 15.4. The maximum Gasteiger partial charge on any atom is 0.251 e. The van der Waals surface area contributed by atoms with Gasteiger partial charge in [0.05, 0.1) is 19.4 Å². The quantitative estimate of drug-likeness (QED) is 0.605. The molecule has 32 heavy (non-hydrogen) atoms. The first-order chi connectivity index (χ1) is 15.5. The molecule has 0 radical (unpaired) electrons. The van der Waals surface area contributed by atoms with E-state index in [1.54, 1.807) is 13.4 Å². The van der Waals surface area contributed by atoms with Crippen molar-refractivity contribution in [3.8, 4) is 5.75 Å². The summed E-state index contributed by atoms with van der Waals surface area (Å²) in [5, 5.41) is 3.14. The molecule has 0 aliphatic carbocycles. The van der Waals surface area contributed by atoms with E-state index in [9.17, 15) is 4.79 Å². The van der Waals surface area contributed by atoms with E-state index in [1.165, 1.54) is 5.69 Å². The van der Waals surface area contributed by atoms with Gasteiger partial charge in [-0.25, -0.2) is 0 Å². The minimum atomic E-state index is -0.0420. The average Bonchev–Trinajstić information content (AvgIpc) is 3.36. The number of benzene rings is 2. The highest BCUT2D eigenvalue weighted by Crippen LogP contribution is 2.25. The van der Waals surface area contributed by atoms with Crippen molar-refractivity contribution in [2.45, 2.75) is 19.9 Å². The number of carbonyl (C=O) groups excluding carboxylic acids is 1. The Labute approximate surface area is 189 Å². The van der Waals surface area contributed by atoms with Crippen LogP contribution in [0.5, 0.6) is 5.75 Å². The number of methoxy groups -OCH3 is 1. The lowest BCUT2D eigenvalue weighted by Gasteiger charge is -2.39. The summed E-state index contributed by atoms with van der Waals surface area (Å²) in [6.45, 7) is 8.07. The lowest BCUT2D eigenvalue weighted by Crippen LogP contribution is -2.49. The van der Waals surface area contributed by atoms with E-state index in [0.717, 1.165) is 54.4 Å². The highest BCUT2D eigenvalue weighted by atomic mass is 16.5. The average molecular weight is 434 g/mol. The number of nitrogens with zero attached hydrogens (tertiary/aromatic N) is 2. The fourth-order valence-electron chi connectivity index (χ4n) is 4.24. The third kappa shape index (κ3) is 4.97. The van der Waals surface area contributed by atoms with Gasteiger partial charge in [0, 0.05) is 44.0 Å². The lowest BCUT2D eigenvalue weighted by molar-refractivity contribution is 0.0922. The molecule has 1 aromatic heterocycles. The van der Waals surface area contributed by atoms with E-state index >= 15 is 0 Å². The predicted octanol–water partition coefficient (Wildman–Crippen LogP) is 4.20. The molecule has 6 nitrogen and oxygen atoms in total. The molecule has 0 bridgehead atoms. The Kier molecular flexibility index (Phi) is 6.81. The molecule has 6 heteroatoms. The van der Waals surface area contributed by atoms with E-state index in [2.05, 4.69) is 27.2 Å². The third-order valence-electron chi connectivity index (χ3n) is 6.16. The van der Waals surface area contributed by atoms with Crippen molar-refractivity contribution < 1.29 is 13.9 Å². The molecule has 2 aromatic carbocycles. The number of anilines is 1. The summed E-state index contributed by atoms with van der Waals surface area (Å²) in [7, 11) is 1.68. The Hall–Kier alpha value is -3.25. The number of aryl methyl sites for hydroxylation is 2. The lowest BCUT2D eigenvalue weighted by atomic mass is 10.0. The highest BCUT2D eigenvalue weighted by Gasteiger charge is 2.27. The molecule has 2 heterocycles. The smallest absolute Gasteiger partial charge is 0.251 e. The fraction of sp³-hybridized carbons (Fsp3) is 0.346. The molecule has 1 aliphatic heterocycles. The summed E-state index contributed by atoms with van der Waals surface area (Å²) in [4.78, 5) is 17.7. The van der Waals surface area contributed by atoms with Crippen LogP contribution in [0.2, 0.25) is 0 Å². The monoisotopic (exact) mass is 433 g/mol. The van der Waals surface area contributed by atoms with E-state index in [1.807, 2.05) is 56.3 Å². The number of piperazine rings is 1. The van der Waals surface area contributed by atoms with Crippen LogP contribution in [0, 0.1) is 13.8 Å². The molecule has 4 rings (SSSR count). The van der Waals surface area contributed by atoms with Gasteiger partial charge in [0.25, 0.3) is 5.91 Å². The Balaban J connectivity index is 1.41.